The summed E-state index contributed by atoms with van der Waals surface area (Å²) in [5.41, 5.74) is 1.44. The lowest BCUT2D eigenvalue weighted by Gasteiger charge is -2.23. The van der Waals surface area contributed by atoms with Crippen molar-refractivity contribution in [3.05, 3.63) is 48.0 Å². The minimum absolute atomic E-state index is 0.117. The molecule has 0 bridgehead atoms. The fourth-order valence-electron chi connectivity index (χ4n) is 2.52. The Labute approximate surface area is 158 Å². The predicted molar refractivity (Wildman–Crippen MR) is 102 cm³/mol. The van der Waals surface area contributed by atoms with Crippen molar-refractivity contribution in [1.82, 2.24) is 5.32 Å². The Bertz CT molecular complexity index is 789. The van der Waals surface area contributed by atoms with Crippen molar-refractivity contribution < 1.29 is 23.8 Å². The van der Waals surface area contributed by atoms with Gasteiger partial charge in [0.2, 0.25) is 11.8 Å². The van der Waals surface area contributed by atoms with Gasteiger partial charge in [-0.2, -0.15) is 0 Å². The second kappa shape index (κ2) is 9.47. The molecule has 0 fully saturated rings. The van der Waals surface area contributed by atoms with Gasteiger partial charge in [-0.05, 0) is 29.8 Å². The molecule has 0 heterocycles. The van der Waals surface area contributed by atoms with Crippen LogP contribution < -0.4 is 24.4 Å². The van der Waals surface area contributed by atoms with Gasteiger partial charge < -0.3 is 19.5 Å². The van der Waals surface area contributed by atoms with Gasteiger partial charge in [0, 0.05) is 19.5 Å². The normalized spacial score (nSPS) is 10.1. The number of rotatable bonds is 8. The number of nitrogens with zero attached hydrogens (tertiary/aromatic N) is 1. The molecule has 2 amide bonds. The molecule has 0 aliphatic carbocycles. The lowest BCUT2D eigenvalue weighted by molar-refractivity contribution is -0.123. The van der Waals surface area contributed by atoms with Crippen LogP contribution in [0.25, 0.3) is 0 Å². The number of nitrogens with one attached hydrogen (secondary N) is 1. The maximum absolute atomic E-state index is 12.4. The van der Waals surface area contributed by atoms with Crippen LogP contribution >= 0.6 is 0 Å². The molecule has 0 radical (unpaired) electrons. The highest BCUT2D eigenvalue weighted by molar-refractivity contribution is 5.98. The quantitative estimate of drug-likeness (QED) is 0.770. The van der Waals surface area contributed by atoms with Crippen LogP contribution in [0.5, 0.6) is 17.2 Å². The van der Waals surface area contributed by atoms with Crippen molar-refractivity contribution in [3.63, 3.8) is 0 Å². The molecule has 2 rings (SSSR count). The molecule has 2 aromatic carbocycles. The lowest BCUT2D eigenvalue weighted by atomic mass is 10.2. The molecule has 1 N–H and O–H groups in total. The molecular weight excluding hydrogens is 348 g/mol. The third kappa shape index (κ3) is 5.37. The van der Waals surface area contributed by atoms with E-state index < -0.39 is 0 Å². The van der Waals surface area contributed by atoms with Crippen LogP contribution in [0.15, 0.2) is 42.5 Å². The van der Waals surface area contributed by atoms with Gasteiger partial charge in [0.1, 0.15) is 23.8 Å². The molecule has 144 valence electrons. The lowest BCUT2D eigenvalue weighted by Crippen LogP contribution is -2.39. The smallest absolute Gasteiger partial charge is 0.240 e. The van der Waals surface area contributed by atoms with Gasteiger partial charge in [-0.25, -0.2) is 0 Å². The number of amides is 2. The van der Waals surface area contributed by atoms with Crippen LogP contribution in [0.4, 0.5) is 5.69 Å². The molecule has 0 saturated heterocycles. The molecule has 0 aliphatic rings. The minimum atomic E-state index is -0.279. The Hall–Kier alpha value is -3.22. The summed E-state index contributed by atoms with van der Waals surface area (Å²) in [4.78, 5) is 25.8. The van der Waals surface area contributed by atoms with E-state index in [0.29, 0.717) is 23.7 Å². The first-order valence-corrected chi connectivity index (χ1v) is 8.38. The molecule has 0 atom stereocenters. The fourth-order valence-corrected chi connectivity index (χ4v) is 2.52. The minimum Gasteiger partial charge on any atom is -0.497 e. The molecule has 0 unspecified atom stereocenters. The highest BCUT2D eigenvalue weighted by atomic mass is 16.5. The number of carbonyl (C=O) groups excluding carboxylic acids is 2. The van der Waals surface area contributed by atoms with Crippen LogP contribution in [0, 0.1) is 0 Å². The Morgan fingerprint density at radius 2 is 1.56 bits per heavy atom. The standard InChI is InChI=1S/C20H24N2O5/c1-14(23)22(18-10-9-17(26-3)11-19(18)27-4)13-20(24)21-12-15-5-7-16(25-2)8-6-15/h5-11H,12-13H2,1-4H3,(H,21,24). The second-order valence-corrected chi connectivity index (χ2v) is 5.77. The zero-order chi connectivity index (χ0) is 19.8. The molecule has 0 spiro atoms. The third-order valence-corrected chi connectivity index (χ3v) is 4.01. The van der Waals surface area contributed by atoms with Crippen molar-refractivity contribution >= 4 is 17.5 Å². The Balaban J connectivity index is 2.06. The third-order valence-electron chi connectivity index (χ3n) is 4.01. The number of hydrogen-bond donors (Lipinski definition) is 1. The SMILES string of the molecule is COc1ccc(CNC(=O)CN(C(C)=O)c2ccc(OC)cc2OC)cc1. The Morgan fingerprint density at radius 3 is 2.11 bits per heavy atom. The van der Waals surface area contributed by atoms with Gasteiger partial charge >= 0.3 is 0 Å². The summed E-state index contributed by atoms with van der Waals surface area (Å²) in [5.74, 6) is 1.26. The summed E-state index contributed by atoms with van der Waals surface area (Å²) in [5, 5.41) is 2.81. The van der Waals surface area contributed by atoms with Crippen molar-refractivity contribution in [3.8, 4) is 17.2 Å². The van der Waals surface area contributed by atoms with E-state index in [0.717, 1.165) is 11.3 Å². The molecular formula is C20H24N2O5. The highest BCUT2D eigenvalue weighted by Crippen LogP contribution is 2.32. The average molecular weight is 372 g/mol. The van der Waals surface area contributed by atoms with Gasteiger partial charge in [0.15, 0.2) is 0 Å². The summed E-state index contributed by atoms with van der Waals surface area (Å²) in [6.45, 7) is 1.64. The number of anilines is 1. The van der Waals surface area contributed by atoms with Crippen LogP contribution in [0.3, 0.4) is 0 Å². The summed E-state index contributed by atoms with van der Waals surface area (Å²) >= 11 is 0. The molecule has 7 heteroatoms. The zero-order valence-corrected chi connectivity index (χ0v) is 15.9. The fraction of sp³-hybridized carbons (Fsp3) is 0.300. The molecule has 0 aromatic heterocycles. The second-order valence-electron chi connectivity index (χ2n) is 5.77. The Kier molecular flexibility index (Phi) is 7.05. The van der Waals surface area contributed by atoms with E-state index in [9.17, 15) is 9.59 Å². The molecule has 2 aromatic rings. The first-order chi connectivity index (χ1) is 13.0. The van der Waals surface area contributed by atoms with Crippen LogP contribution in [0.2, 0.25) is 0 Å². The van der Waals surface area contributed by atoms with Gasteiger partial charge in [-0.3, -0.25) is 14.5 Å². The van der Waals surface area contributed by atoms with E-state index in [4.69, 9.17) is 14.2 Å². The van der Waals surface area contributed by atoms with Crippen molar-refractivity contribution in [2.45, 2.75) is 13.5 Å². The predicted octanol–water partition coefficient (Wildman–Crippen LogP) is 2.38. The van der Waals surface area contributed by atoms with E-state index in [-0.39, 0.29) is 18.4 Å². The Morgan fingerprint density at radius 1 is 0.926 bits per heavy atom. The van der Waals surface area contributed by atoms with E-state index >= 15 is 0 Å². The van der Waals surface area contributed by atoms with Crippen LogP contribution in [-0.2, 0) is 16.1 Å². The molecule has 0 saturated carbocycles. The van der Waals surface area contributed by atoms with Crippen LogP contribution in [-0.4, -0.2) is 39.7 Å². The topological polar surface area (TPSA) is 77.1 Å². The van der Waals surface area contributed by atoms with Crippen molar-refractivity contribution in [2.24, 2.45) is 0 Å². The maximum Gasteiger partial charge on any atom is 0.240 e. The molecule has 27 heavy (non-hydrogen) atoms. The summed E-state index contributed by atoms with van der Waals surface area (Å²) in [6, 6.07) is 12.5. The molecule has 7 nitrogen and oxygen atoms in total. The van der Waals surface area contributed by atoms with Gasteiger partial charge in [-0.15, -0.1) is 0 Å². The monoisotopic (exact) mass is 372 g/mol. The zero-order valence-electron chi connectivity index (χ0n) is 15.9. The first kappa shape index (κ1) is 20.1. The van der Waals surface area contributed by atoms with Crippen molar-refractivity contribution in [2.75, 3.05) is 32.8 Å². The summed E-state index contributed by atoms with van der Waals surface area (Å²) in [7, 11) is 4.64. The number of hydrogen-bond acceptors (Lipinski definition) is 5. The number of methoxy groups -OCH3 is 3. The van der Waals surface area contributed by atoms with Gasteiger partial charge in [-0.1, -0.05) is 12.1 Å². The van der Waals surface area contributed by atoms with E-state index in [1.54, 1.807) is 32.4 Å². The summed E-state index contributed by atoms with van der Waals surface area (Å²) in [6.07, 6.45) is 0. The van der Waals surface area contributed by atoms with E-state index in [1.807, 2.05) is 24.3 Å². The van der Waals surface area contributed by atoms with Crippen LogP contribution in [0.1, 0.15) is 12.5 Å². The van der Waals surface area contributed by atoms with E-state index in [1.165, 1.54) is 18.9 Å². The number of carbonyl (C=O) groups is 2. The highest BCUT2D eigenvalue weighted by Gasteiger charge is 2.20. The first-order valence-electron chi connectivity index (χ1n) is 8.38. The largest absolute Gasteiger partial charge is 0.497 e. The van der Waals surface area contributed by atoms with Gasteiger partial charge in [0.25, 0.3) is 0 Å². The van der Waals surface area contributed by atoms with E-state index in [2.05, 4.69) is 5.32 Å². The van der Waals surface area contributed by atoms with Gasteiger partial charge in [0.05, 0.1) is 27.0 Å². The maximum atomic E-state index is 12.4. The number of benzene rings is 2. The average Bonchev–Trinajstić information content (AvgIpc) is 2.70. The summed E-state index contributed by atoms with van der Waals surface area (Å²) < 4.78 is 15.6. The van der Waals surface area contributed by atoms with Crippen molar-refractivity contribution in [1.29, 1.82) is 0 Å². The number of ether oxygens (including phenoxy) is 3. The molecule has 0 aliphatic heterocycles.